The Hall–Kier alpha value is -1.33. The van der Waals surface area contributed by atoms with Crippen LogP contribution < -0.4 is 0 Å². The number of nitrogens with zero attached hydrogens (tertiary/aromatic N) is 4. The summed E-state index contributed by atoms with van der Waals surface area (Å²) in [6.45, 7) is 2.01. The van der Waals surface area contributed by atoms with Gasteiger partial charge in [-0.15, -0.1) is 22.9 Å². The Morgan fingerprint density at radius 3 is 3.14 bits per heavy atom. The molecule has 0 bridgehead atoms. The average Bonchev–Trinajstić information content (AvgIpc) is 3.15. The highest BCUT2D eigenvalue weighted by Gasteiger charge is 2.28. The molecule has 1 aliphatic rings. The predicted octanol–water partition coefficient (Wildman–Crippen LogP) is 3.80. The smallest absolute Gasteiger partial charge is 0.159 e. The van der Waals surface area contributed by atoms with Crippen molar-refractivity contribution in [3.05, 3.63) is 33.4 Å². The lowest BCUT2D eigenvalue weighted by Gasteiger charge is -2.26. The molecule has 0 fully saturated rings. The number of imidazole rings is 1. The molecule has 0 amide bonds. The van der Waals surface area contributed by atoms with E-state index in [1.807, 2.05) is 30.0 Å². The standard InChI is InChI=1S/C15H17ClN4S/c1-9-14-15(19(2)18-9)20(13(8-16)17-14)11-4-3-5-12-10(11)6-7-21-12/h6-7,11H,3-5,8H2,1-2H3. The molecule has 110 valence electrons. The lowest BCUT2D eigenvalue weighted by molar-refractivity contribution is 0.486. The third-order valence-corrected chi connectivity index (χ3v) is 5.60. The molecule has 3 aromatic rings. The molecule has 0 spiro atoms. The topological polar surface area (TPSA) is 35.6 Å². The molecule has 6 heteroatoms. The van der Waals surface area contributed by atoms with E-state index in [2.05, 4.69) is 21.1 Å². The van der Waals surface area contributed by atoms with Crippen LogP contribution in [0, 0.1) is 6.92 Å². The summed E-state index contributed by atoms with van der Waals surface area (Å²) in [5.74, 6) is 1.39. The number of thiophene rings is 1. The molecule has 3 aromatic heterocycles. The van der Waals surface area contributed by atoms with Crippen molar-refractivity contribution in [2.24, 2.45) is 7.05 Å². The fraction of sp³-hybridized carbons (Fsp3) is 0.467. The number of hydrogen-bond acceptors (Lipinski definition) is 3. The quantitative estimate of drug-likeness (QED) is 0.673. The zero-order chi connectivity index (χ0) is 14.6. The van der Waals surface area contributed by atoms with Gasteiger partial charge in [0.15, 0.2) is 5.65 Å². The zero-order valence-electron chi connectivity index (χ0n) is 12.1. The lowest BCUT2D eigenvalue weighted by atomic mass is 9.94. The molecule has 1 unspecified atom stereocenters. The first-order valence-electron chi connectivity index (χ1n) is 7.23. The second kappa shape index (κ2) is 4.85. The number of aromatic nitrogens is 4. The summed E-state index contributed by atoms with van der Waals surface area (Å²) in [5, 5.41) is 6.72. The minimum absolute atomic E-state index is 0.341. The van der Waals surface area contributed by atoms with Crippen LogP contribution in [0.3, 0.4) is 0 Å². The van der Waals surface area contributed by atoms with E-state index in [9.17, 15) is 0 Å². The fourth-order valence-corrected chi connectivity index (χ4v) is 4.66. The first-order valence-corrected chi connectivity index (χ1v) is 8.64. The highest BCUT2D eigenvalue weighted by Crippen LogP contribution is 2.38. The molecule has 0 saturated heterocycles. The van der Waals surface area contributed by atoms with Crippen LogP contribution in [0.1, 0.15) is 40.8 Å². The Balaban J connectivity index is 1.99. The Labute approximate surface area is 132 Å². The maximum Gasteiger partial charge on any atom is 0.159 e. The second-order valence-electron chi connectivity index (χ2n) is 5.62. The van der Waals surface area contributed by atoms with E-state index in [0.29, 0.717) is 11.9 Å². The van der Waals surface area contributed by atoms with Crippen molar-refractivity contribution in [2.75, 3.05) is 0 Å². The van der Waals surface area contributed by atoms with Crippen molar-refractivity contribution in [1.29, 1.82) is 0 Å². The first-order chi connectivity index (χ1) is 10.2. The van der Waals surface area contributed by atoms with Gasteiger partial charge in [0.1, 0.15) is 11.3 Å². The zero-order valence-corrected chi connectivity index (χ0v) is 13.7. The number of alkyl halides is 1. The largest absolute Gasteiger partial charge is 0.304 e. The average molecular weight is 321 g/mol. The molecule has 0 saturated carbocycles. The van der Waals surface area contributed by atoms with Crippen LogP contribution in [-0.2, 0) is 19.3 Å². The first kappa shape index (κ1) is 13.3. The van der Waals surface area contributed by atoms with Crippen LogP contribution >= 0.6 is 22.9 Å². The molecule has 0 N–H and O–H groups in total. The van der Waals surface area contributed by atoms with E-state index in [0.717, 1.165) is 29.1 Å². The Kier molecular flexibility index (Phi) is 3.08. The van der Waals surface area contributed by atoms with E-state index in [-0.39, 0.29) is 0 Å². The summed E-state index contributed by atoms with van der Waals surface area (Å²) >= 11 is 8.04. The lowest BCUT2D eigenvalue weighted by Crippen LogP contribution is -2.18. The van der Waals surface area contributed by atoms with Gasteiger partial charge in [0.05, 0.1) is 17.6 Å². The highest BCUT2D eigenvalue weighted by molar-refractivity contribution is 7.10. The highest BCUT2D eigenvalue weighted by atomic mass is 35.5. The maximum absolute atomic E-state index is 6.18. The number of halogens is 1. The minimum Gasteiger partial charge on any atom is -0.304 e. The van der Waals surface area contributed by atoms with Crippen molar-refractivity contribution >= 4 is 34.1 Å². The molecular formula is C15H17ClN4S. The molecule has 1 atom stereocenters. The molecule has 1 aliphatic carbocycles. The molecular weight excluding hydrogens is 304 g/mol. The van der Waals surface area contributed by atoms with Crippen molar-refractivity contribution in [2.45, 2.75) is 38.1 Å². The summed E-state index contributed by atoms with van der Waals surface area (Å²) in [5.41, 5.74) is 4.48. The van der Waals surface area contributed by atoms with Crippen LogP contribution in [0.15, 0.2) is 11.4 Å². The molecule has 0 aliphatic heterocycles. The SMILES string of the molecule is Cc1nn(C)c2c1nc(CCl)n2C1CCCc2sccc21. The van der Waals surface area contributed by atoms with Crippen LogP contribution in [0.25, 0.3) is 11.2 Å². The monoisotopic (exact) mass is 320 g/mol. The van der Waals surface area contributed by atoms with Crippen LogP contribution in [-0.4, -0.2) is 19.3 Å². The summed E-state index contributed by atoms with van der Waals surface area (Å²) in [6, 6.07) is 2.60. The Bertz CT molecular complexity index is 813. The van der Waals surface area contributed by atoms with Crippen LogP contribution in [0.2, 0.25) is 0 Å². The molecule has 21 heavy (non-hydrogen) atoms. The minimum atomic E-state index is 0.341. The molecule has 3 heterocycles. The summed E-state index contributed by atoms with van der Waals surface area (Å²) in [4.78, 5) is 6.24. The van der Waals surface area contributed by atoms with Gasteiger partial charge >= 0.3 is 0 Å². The van der Waals surface area contributed by atoms with Crippen LogP contribution in [0.5, 0.6) is 0 Å². The molecule has 4 nitrogen and oxygen atoms in total. The molecule has 0 aromatic carbocycles. The van der Waals surface area contributed by atoms with Gasteiger partial charge in [0.25, 0.3) is 0 Å². The van der Waals surface area contributed by atoms with E-state index in [1.165, 1.54) is 23.3 Å². The van der Waals surface area contributed by atoms with Gasteiger partial charge in [0.2, 0.25) is 0 Å². The Morgan fingerprint density at radius 1 is 1.48 bits per heavy atom. The van der Waals surface area contributed by atoms with Gasteiger partial charge < -0.3 is 4.57 Å². The van der Waals surface area contributed by atoms with Gasteiger partial charge in [0, 0.05) is 11.9 Å². The van der Waals surface area contributed by atoms with E-state index in [4.69, 9.17) is 16.6 Å². The van der Waals surface area contributed by atoms with Crippen molar-refractivity contribution < 1.29 is 0 Å². The van der Waals surface area contributed by atoms with Gasteiger partial charge in [-0.1, -0.05) is 0 Å². The van der Waals surface area contributed by atoms with E-state index in [1.54, 1.807) is 0 Å². The number of aryl methyl sites for hydroxylation is 3. The molecule has 0 radical (unpaired) electrons. The third kappa shape index (κ3) is 1.87. The van der Waals surface area contributed by atoms with Gasteiger partial charge in [-0.25, -0.2) is 4.98 Å². The summed E-state index contributed by atoms with van der Waals surface area (Å²) in [6.07, 6.45) is 3.56. The van der Waals surface area contributed by atoms with Crippen molar-refractivity contribution in [1.82, 2.24) is 19.3 Å². The fourth-order valence-electron chi connectivity index (χ4n) is 3.49. The third-order valence-electron chi connectivity index (χ3n) is 4.36. The summed E-state index contributed by atoms with van der Waals surface area (Å²) < 4.78 is 4.25. The van der Waals surface area contributed by atoms with E-state index >= 15 is 0 Å². The normalized spacial score (nSPS) is 18.3. The van der Waals surface area contributed by atoms with Gasteiger partial charge in [-0.05, 0) is 43.2 Å². The van der Waals surface area contributed by atoms with Gasteiger partial charge in [-0.2, -0.15) is 5.10 Å². The predicted molar refractivity (Wildman–Crippen MR) is 86.2 cm³/mol. The number of rotatable bonds is 2. The van der Waals surface area contributed by atoms with Crippen molar-refractivity contribution in [3.63, 3.8) is 0 Å². The van der Waals surface area contributed by atoms with Crippen LogP contribution in [0.4, 0.5) is 0 Å². The second-order valence-corrected chi connectivity index (χ2v) is 6.89. The maximum atomic E-state index is 6.18. The summed E-state index contributed by atoms with van der Waals surface area (Å²) in [7, 11) is 1.99. The van der Waals surface area contributed by atoms with E-state index < -0.39 is 0 Å². The van der Waals surface area contributed by atoms with Crippen molar-refractivity contribution in [3.8, 4) is 0 Å². The number of hydrogen-bond donors (Lipinski definition) is 0. The van der Waals surface area contributed by atoms with Gasteiger partial charge in [-0.3, -0.25) is 4.68 Å². The Morgan fingerprint density at radius 2 is 2.33 bits per heavy atom. The molecule has 4 rings (SSSR count). The number of fused-ring (bicyclic) bond motifs is 2.